The van der Waals surface area contributed by atoms with Crippen LogP contribution in [0.2, 0.25) is 0 Å². The molecule has 0 radical (unpaired) electrons. The van der Waals surface area contributed by atoms with Gasteiger partial charge < -0.3 is 15.4 Å². The molecular weight excluding hydrogens is 326 g/mol. The van der Waals surface area contributed by atoms with Gasteiger partial charge >= 0.3 is 0 Å². The summed E-state index contributed by atoms with van der Waals surface area (Å²) in [4.78, 5) is 4.28. The van der Waals surface area contributed by atoms with Gasteiger partial charge in [-0.1, -0.05) is 18.2 Å². The predicted molar refractivity (Wildman–Crippen MR) is 105 cm³/mol. The molecule has 3 rings (SSSR count). The molecule has 1 atom stereocenters. The second kappa shape index (κ2) is 9.38. The Morgan fingerprint density at radius 2 is 2.15 bits per heavy atom. The number of ether oxygens (including phenoxy) is 1. The number of rotatable bonds is 7. The van der Waals surface area contributed by atoms with Gasteiger partial charge in [0.15, 0.2) is 5.96 Å². The lowest BCUT2D eigenvalue weighted by Gasteiger charge is -2.14. The number of aromatic nitrogens is 2. The van der Waals surface area contributed by atoms with Gasteiger partial charge in [0, 0.05) is 32.9 Å². The van der Waals surface area contributed by atoms with Crippen LogP contribution < -0.4 is 10.6 Å². The smallest absolute Gasteiger partial charge is 0.191 e. The van der Waals surface area contributed by atoms with Crippen LogP contribution in [0.5, 0.6) is 0 Å². The minimum Gasteiger partial charge on any atom is -0.376 e. The first-order valence-electron chi connectivity index (χ1n) is 9.43. The van der Waals surface area contributed by atoms with Crippen molar-refractivity contribution in [3.05, 3.63) is 47.8 Å². The Balaban J connectivity index is 1.42. The average molecular weight is 355 g/mol. The molecule has 2 N–H and O–H groups in total. The third-order valence-electron chi connectivity index (χ3n) is 4.68. The van der Waals surface area contributed by atoms with Crippen LogP contribution >= 0.6 is 0 Å². The Bertz CT molecular complexity index is 704. The third-order valence-corrected chi connectivity index (χ3v) is 4.68. The quantitative estimate of drug-likeness (QED) is 0.455. The summed E-state index contributed by atoms with van der Waals surface area (Å²) < 4.78 is 7.59. The molecule has 6 nitrogen and oxygen atoms in total. The monoisotopic (exact) mass is 355 g/mol. The molecule has 1 aromatic heterocycles. The van der Waals surface area contributed by atoms with E-state index in [1.807, 2.05) is 22.9 Å². The topological polar surface area (TPSA) is 63.5 Å². The molecule has 1 aromatic carbocycles. The Morgan fingerprint density at radius 1 is 1.31 bits per heavy atom. The van der Waals surface area contributed by atoms with Gasteiger partial charge in [-0.15, -0.1) is 0 Å². The fraction of sp³-hybridized carbons (Fsp3) is 0.500. The fourth-order valence-electron chi connectivity index (χ4n) is 3.18. The fourth-order valence-corrected chi connectivity index (χ4v) is 3.18. The molecule has 0 saturated carbocycles. The summed E-state index contributed by atoms with van der Waals surface area (Å²) in [7, 11) is 1.80. The van der Waals surface area contributed by atoms with Crippen molar-refractivity contribution in [2.75, 3.05) is 26.7 Å². The zero-order valence-corrected chi connectivity index (χ0v) is 15.7. The molecule has 0 aliphatic carbocycles. The van der Waals surface area contributed by atoms with Crippen molar-refractivity contribution >= 4 is 5.96 Å². The van der Waals surface area contributed by atoms with E-state index in [0.717, 1.165) is 62.7 Å². The van der Waals surface area contributed by atoms with Crippen LogP contribution in [-0.4, -0.2) is 48.6 Å². The van der Waals surface area contributed by atoms with E-state index in [-0.39, 0.29) is 0 Å². The minimum absolute atomic E-state index is 0.319. The summed E-state index contributed by atoms with van der Waals surface area (Å²) >= 11 is 0. The summed E-state index contributed by atoms with van der Waals surface area (Å²) in [6, 6.07) is 10.2. The average Bonchev–Trinajstić information content (AvgIpc) is 3.32. The van der Waals surface area contributed by atoms with Crippen molar-refractivity contribution in [2.45, 2.75) is 38.7 Å². The number of aryl methyl sites for hydroxylation is 2. The van der Waals surface area contributed by atoms with Gasteiger partial charge in [-0.2, -0.15) is 5.10 Å². The van der Waals surface area contributed by atoms with Crippen molar-refractivity contribution in [1.82, 2.24) is 20.4 Å². The van der Waals surface area contributed by atoms with Crippen LogP contribution in [0.1, 0.15) is 30.5 Å². The van der Waals surface area contributed by atoms with Crippen molar-refractivity contribution in [3.63, 3.8) is 0 Å². The van der Waals surface area contributed by atoms with Gasteiger partial charge in [0.1, 0.15) is 0 Å². The van der Waals surface area contributed by atoms with Crippen LogP contribution in [0, 0.1) is 6.92 Å². The molecule has 1 aliphatic rings. The molecule has 2 heterocycles. The highest BCUT2D eigenvalue weighted by Crippen LogP contribution is 2.13. The number of hydrogen-bond donors (Lipinski definition) is 2. The standard InChI is InChI=1S/C20H29N5O/c1-16-17(15-25(24-16)18-9-4-3-5-10-18)8-6-12-22-20(21-2)23-14-19-11-7-13-26-19/h3-5,9-10,15,19H,6-8,11-14H2,1-2H3,(H2,21,22,23). The van der Waals surface area contributed by atoms with E-state index in [1.165, 1.54) is 5.56 Å². The van der Waals surface area contributed by atoms with E-state index >= 15 is 0 Å². The van der Waals surface area contributed by atoms with Crippen LogP contribution in [-0.2, 0) is 11.2 Å². The molecule has 0 spiro atoms. The Morgan fingerprint density at radius 3 is 2.88 bits per heavy atom. The number of aliphatic imine (C=N–C) groups is 1. The van der Waals surface area contributed by atoms with E-state index in [4.69, 9.17) is 4.74 Å². The lowest BCUT2D eigenvalue weighted by atomic mass is 10.1. The highest BCUT2D eigenvalue weighted by atomic mass is 16.5. The normalized spacial score (nSPS) is 17.5. The molecule has 0 amide bonds. The second-order valence-electron chi connectivity index (χ2n) is 6.64. The molecule has 1 saturated heterocycles. The summed E-state index contributed by atoms with van der Waals surface area (Å²) in [5.74, 6) is 0.845. The molecule has 1 aliphatic heterocycles. The van der Waals surface area contributed by atoms with Crippen LogP contribution in [0.3, 0.4) is 0 Å². The Kier molecular flexibility index (Phi) is 6.66. The van der Waals surface area contributed by atoms with E-state index in [9.17, 15) is 0 Å². The van der Waals surface area contributed by atoms with Crippen LogP contribution in [0.25, 0.3) is 5.69 Å². The maximum Gasteiger partial charge on any atom is 0.191 e. The number of para-hydroxylation sites is 1. The first-order chi connectivity index (χ1) is 12.8. The molecule has 140 valence electrons. The van der Waals surface area contributed by atoms with Gasteiger partial charge in [0.05, 0.1) is 17.5 Å². The lowest BCUT2D eigenvalue weighted by molar-refractivity contribution is 0.114. The van der Waals surface area contributed by atoms with Crippen molar-refractivity contribution in [3.8, 4) is 5.69 Å². The van der Waals surface area contributed by atoms with Gasteiger partial charge in [-0.25, -0.2) is 4.68 Å². The summed E-state index contributed by atoms with van der Waals surface area (Å²) in [5.41, 5.74) is 3.48. The van der Waals surface area contributed by atoms with E-state index in [2.05, 4.69) is 46.0 Å². The zero-order valence-electron chi connectivity index (χ0n) is 15.7. The van der Waals surface area contributed by atoms with Gasteiger partial charge in [-0.3, -0.25) is 4.99 Å². The highest BCUT2D eigenvalue weighted by molar-refractivity contribution is 5.79. The SMILES string of the molecule is CN=C(NCCCc1cn(-c2ccccc2)nc1C)NCC1CCCO1. The first-order valence-corrected chi connectivity index (χ1v) is 9.43. The Labute approximate surface area is 155 Å². The summed E-state index contributed by atoms with van der Waals surface area (Å²) in [5, 5.41) is 11.4. The predicted octanol–water partition coefficient (Wildman–Crippen LogP) is 2.46. The number of benzene rings is 1. The molecule has 6 heteroatoms. The number of guanidine groups is 1. The highest BCUT2D eigenvalue weighted by Gasteiger charge is 2.15. The van der Waals surface area contributed by atoms with Crippen molar-refractivity contribution < 1.29 is 4.74 Å². The maximum atomic E-state index is 5.63. The minimum atomic E-state index is 0.319. The molecule has 1 unspecified atom stereocenters. The van der Waals surface area contributed by atoms with Crippen molar-refractivity contribution in [1.29, 1.82) is 0 Å². The summed E-state index contributed by atoms with van der Waals surface area (Å²) in [6.45, 7) is 4.66. The lowest BCUT2D eigenvalue weighted by Crippen LogP contribution is -2.41. The summed E-state index contributed by atoms with van der Waals surface area (Å²) in [6.07, 6.45) is 6.77. The molecule has 1 fully saturated rings. The Hall–Kier alpha value is -2.34. The maximum absolute atomic E-state index is 5.63. The van der Waals surface area contributed by atoms with Crippen molar-refractivity contribution in [2.24, 2.45) is 4.99 Å². The van der Waals surface area contributed by atoms with Gasteiger partial charge in [-0.05, 0) is 50.3 Å². The molecular formula is C20H29N5O. The molecule has 0 bridgehead atoms. The third kappa shape index (κ3) is 5.08. The van der Waals surface area contributed by atoms with E-state index in [1.54, 1.807) is 7.05 Å². The second-order valence-corrected chi connectivity index (χ2v) is 6.64. The largest absolute Gasteiger partial charge is 0.376 e. The van der Waals surface area contributed by atoms with Crippen LogP contribution in [0.15, 0.2) is 41.5 Å². The molecule has 2 aromatic rings. The van der Waals surface area contributed by atoms with Gasteiger partial charge in [0.2, 0.25) is 0 Å². The van der Waals surface area contributed by atoms with Gasteiger partial charge in [0.25, 0.3) is 0 Å². The number of nitrogens with zero attached hydrogens (tertiary/aromatic N) is 3. The van der Waals surface area contributed by atoms with Crippen LogP contribution in [0.4, 0.5) is 0 Å². The first kappa shape index (κ1) is 18.5. The van der Waals surface area contributed by atoms with E-state index < -0.39 is 0 Å². The number of nitrogens with one attached hydrogen (secondary N) is 2. The number of hydrogen-bond acceptors (Lipinski definition) is 3. The zero-order chi connectivity index (χ0) is 18.2. The van der Waals surface area contributed by atoms with E-state index in [0.29, 0.717) is 6.10 Å². The molecule has 26 heavy (non-hydrogen) atoms.